The first-order valence-corrected chi connectivity index (χ1v) is 8.12. The third-order valence-corrected chi connectivity index (χ3v) is 4.56. The van der Waals surface area contributed by atoms with E-state index in [1.54, 1.807) is 6.20 Å². The van der Waals surface area contributed by atoms with Crippen LogP contribution in [0.1, 0.15) is 58.2 Å². The minimum atomic E-state index is -0.507. The Labute approximate surface area is 141 Å². The number of nitrogens with two attached hydrogens (primary N) is 1. The molecule has 1 aliphatic carbocycles. The van der Waals surface area contributed by atoms with E-state index in [4.69, 9.17) is 10.5 Å². The summed E-state index contributed by atoms with van der Waals surface area (Å²) in [5, 5.41) is 14.0. The molecule has 0 saturated carbocycles. The van der Waals surface area contributed by atoms with Gasteiger partial charge >= 0.3 is 0 Å². The Morgan fingerprint density at radius 2 is 2.17 bits per heavy atom. The molecule has 2 heterocycles. The van der Waals surface area contributed by atoms with Crippen molar-refractivity contribution in [1.29, 1.82) is 5.26 Å². The zero-order valence-electron chi connectivity index (χ0n) is 14.5. The number of Topliss-reactive ketones (excluding diaryl/α,β-unsaturated/α-hetero) is 1. The molecule has 6 nitrogen and oxygen atoms in total. The summed E-state index contributed by atoms with van der Waals surface area (Å²) in [5.74, 6) is 0.188. The van der Waals surface area contributed by atoms with E-state index in [0.717, 1.165) is 5.69 Å². The number of aromatic nitrogens is 2. The van der Waals surface area contributed by atoms with Crippen molar-refractivity contribution in [3.63, 3.8) is 0 Å². The number of hydrogen-bond donors (Lipinski definition) is 1. The van der Waals surface area contributed by atoms with Gasteiger partial charge in [-0.15, -0.1) is 0 Å². The van der Waals surface area contributed by atoms with Gasteiger partial charge in [-0.05, 0) is 25.3 Å². The maximum atomic E-state index is 12.9. The van der Waals surface area contributed by atoms with Crippen molar-refractivity contribution in [3.8, 4) is 6.07 Å². The van der Waals surface area contributed by atoms with Crippen molar-refractivity contribution in [2.75, 3.05) is 0 Å². The molecule has 0 spiro atoms. The van der Waals surface area contributed by atoms with Gasteiger partial charge < -0.3 is 10.5 Å². The number of nitriles is 1. The maximum Gasteiger partial charge on any atom is 0.205 e. The smallest absolute Gasteiger partial charge is 0.205 e. The molecule has 0 saturated heterocycles. The van der Waals surface area contributed by atoms with Gasteiger partial charge in [0.1, 0.15) is 17.4 Å². The number of carbonyl (C=O) groups excluding carboxylic acids is 1. The molecule has 1 aromatic rings. The van der Waals surface area contributed by atoms with Gasteiger partial charge in [0.15, 0.2) is 5.78 Å². The number of ether oxygens (including phenoxy) is 1. The number of nitrogens with zero attached hydrogens (tertiary/aromatic N) is 3. The molecule has 24 heavy (non-hydrogen) atoms. The highest BCUT2D eigenvalue weighted by molar-refractivity contribution is 5.99. The van der Waals surface area contributed by atoms with Gasteiger partial charge in [-0.3, -0.25) is 9.48 Å². The van der Waals surface area contributed by atoms with Crippen molar-refractivity contribution >= 4 is 5.78 Å². The molecule has 1 aliphatic heterocycles. The third-order valence-electron chi connectivity index (χ3n) is 4.56. The van der Waals surface area contributed by atoms with Gasteiger partial charge in [0, 0.05) is 30.7 Å². The summed E-state index contributed by atoms with van der Waals surface area (Å²) in [4.78, 5) is 12.9. The highest BCUT2D eigenvalue weighted by Gasteiger charge is 2.44. The van der Waals surface area contributed by atoms with E-state index in [9.17, 15) is 10.1 Å². The first kappa shape index (κ1) is 16.3. The number of hydrogen-bond acceptors (Lipinski definition) is 5. The summed E-state index contributed by atoms with van der Waals surface area (Å²) in [6.45, 7) is 8.09. The lowest BCUT2D eigenvalue weighted by Gasteiger charge is -2.37. The van der Waals surface area contributed by atoms with Gasteiger partial charge in [0.25, 0.3) is 0 Å². The Hall–Kier alpha value is -2.55. The fourth-order valence-electron chi connectivity index (χ4n) is 3.57. The number of ketones is 1. The lowest BCUT2D eigenvalue weighted by atomic mass is 9.71. The Bertz CT molecular complexity index is 805. The lowest BCUT2D eigenvalue weighted by Crippen LogP contribution is -2.34. The number of allylic oxidation sites excluding steroid dienone is 3. The standard InChI is InChI=1S/C18H22N4O2/c1-10(2)22-12(5-6-21-22)15-11(9-19)17(20)24-14-8-18(3,4)7-13(23)16(14)15/h5-6,10,15H,7-8,20H2,1-4H3. The van der Waals surface area contributed by atoms with Crippen LogP contribution in [0.2, 0.25) is 0 Å². The summed E-state index contributed by atoms with van der Waals surface area (Å²) >= 11 is 0. The second kappa shape index (κ2) is 5.52. The van der Waals surface area contributed by atoms with Gasteiger partial charge in [0.2, 0.25) is 5.88 Å². The maximum absolute atomic E-state index is 12.9. The van der Waals surface area contributed by atoms with Crippen LogP contribution < -0.4 is 5.73 Å². The fourth-order valence-corrected chi connectivity index (χ4v) is 3.57. The Morgan fingerprint density at radius 1 is 1.46 bits per heavy atom. The molecular weight excluding hydrogens is 304 g/mol. The van der Waals surface area contributed by atoms with Crippen LogP contribution in [0, 0.1) is 16.7 Å². The quantitative estimate of drug-likeness (QED) is 0.901. The molecule has 2 aliphatic rings. The van der Waals surface area contributed by atoms with Crippen LogP contribution in [0.3, 0.4) is 0 Å². The molecule has 0 fully saturated rings. The van der Waals surface area contributed by atoms with E-state index in [0.29, 0.717) is 24.2 Å². The molecule has 3 rings (SSSR count). The highest BCUT2D eigenvalue weighted by atomic mass is 16.5. The van der Waals surface area contributed by atoms with Crippen LogP contribution in [-0.2, 0) is 9.53 Å². The van der Waals surface area contributed by atoms with E-state index in [1.165, 1.54) is 0 Å². The van der Waals surface area contributed by atoms with Crippen LogP contribution >= 0.6 is 0 Å². The minimum absolute atomic E-state index is 0.0167. The van der Waals surface area contributed by atoms with Crippen molar-refractivity contribution in [3.05, 3.63) is 40.7 Å². The van der Waals surface area contributed by atoms with Crippen LogP contribution in [0.25, 0.3) is 0 Å². The van der Waals surface area contributed by atoms with Crippen molar-refractivity contribution < 1.29 is 9.53 Å². The zero-order chi connectivity index (χ0) is 17.6. The SMILES string of the molecule is CC(C)n1nccc1C1C(C#N)=C(N)OC2=C1C(=O)CC(C)(C)C2. The van der Waals surface area contributed by atoms with Gasteiger partial charge in [0.05, 0.1) is 11.6 Å². The molecule has 126 valence electrons. The number of rotatable bonds is 2. The summed E-state index contributed by atoms with van der Waals surface area (Å²) in [5.41, 5.74) is 7.47. The summed E-state index contributed by atoms with van der Waals surface area (Å²) < 4.78 is 7.52. The largest absolute Gasteiger partial charge is 0.444 e. The van der Waals surface area contributed by atoms with E-state index >= 15 is 0 Å². The highest BCUT2D eigenvalue weighted by Crippen LogP contribution is 2.47. The van der Waals surface area contributed by atoms with Crippen molar-refractivity contribution in [1.82, 2.24) is 9.78 Å². The molecule has 0 aromatic carbocycles. The van der Waals surface area contributed by atoms with Gasteiger partial charge in [-0.1, -0.05) is 13.8 Å². The summed E-state index contributed by atoms with van der Waals surface area (Å²) in [6.07, 6.45) is 2.74. The van der Waals surface area contributed by atoms with Crippen molar-refractivity contribution in [2.24, 2.45) is 11.1 Å². The van der Waals surface area contributed by atoms with Crippen LogP contribution in [0.15, 0.2) is 35.1 Å². The Balaban J connectivity index is 2.21. The second-order valence-electron chi connectivity index (χ2n) is 7.50. The topological polar surface area (TPSA) is 93.9 Å². The minimum Gasteiger partial charge on any atom is -0.444 e. The molecule has 1 atom stereocenters. The second-order valence-corrected chi connectivity index (χ2v) is 7.50. The molecule has 1 aromatic heterocycles. The first-order valence-electron chi connectivity index (χ1n) is 8.12. The predicted octanol–water partition coefficient (Wildman–Crippen LogP) is 2.91. The van der Waals surface area contributed by atoms with Crippen LogP contribution in [-0.4, -0.2) is 15.6 Å². The molecule has 0 bridgehead atoms. The molecule has 6 heteroatoms. The molecule has 0 radical (unpaired) electrons. The first-order chi connectivity index (χ1) is 11.2. The fraction of sp³-hybridized carbons (Fsp3) is 0.500. The average Bonchev–Trinajstić information content (AvgIpc) is 2.93. The Kier molecular flexibility index (Phi) is 3.75. The third kappa shape index (κ3) is 2.50. The van der Waals surface area contributed by atoms with Crippen molar-refractivity contribution in [2.45, 2.75) is 52.5 Å². The van der Waals surface area contributed by atoms with Gasteiger partial charge in [-0.2, -0.15) is 10.4 Å². The average molecular weight is 326 g/mol. The van der Waals surface area contributed by atoms with Crippen LogP contribution in [0.5, 0.6) is 0 Å². The van der Waals surface area contributed by atoms with E-state index in [-0.39, 0.29) is 28.7 Å². The molecule has 2 N–H and O–H groups in total. The predicted molar refractivity (Wildman–Crippen MR) is 88.3 cm³/mol. The van der Waals surface area contributed by atoms with E-state index in [2.05, 4.69) is 11.2 Å². The summed E-state index contributed by atoms with van der Waals surface area (Å²) in [6, 6.07) is 4.09. The lowest BCUT2D eigenvalue weighted by molar-refractivity contribution is -0.119. The molecule has 1 unspecified atom stereocenters. The van der Waals surface area contributed by atoms with E-state index in [1.807, 2.05) is 38.4 Å². The normalized spacial score (nSPS) is 23.2. The molecular formula is C18H22N4O2. The van der Waals surface area contributed by atoms with Gasteiger partial charge in [-0.25, -0.2) is 0 Å². The summed E-state index contributed by atoms with van der Waals surface area (Å²) in [7, 11) is 0. The van der Waals surface area contributed by atoms with E-state index < -0.39 is 5.92 Å². The monoisotopic (exact) mass is 326 g/mol. The Morgan fingerprint density at radius 3 is 2.79 bits per heavy atom. The zero-order valence-corrected chi connectivity index (χ0v) is 14.5. The number of carbonyl (C=O) groups is 1. The molecule has 0 amide bonds. The van der Waals surface area contributed by atoms with Crippen LogP contribution in [0.4, 0.5) is 0 Å².